The molecular weight excluding hydrogens is 266 g/mol. The van der Waals surface area contributed by atoms with Gasteiger partial charge >= 0.3 is 0 Å². The summed E-state index contributed by atoms with van der Waals surface area (Å²) in [5.41, 5.74) is 11.0. The number of allylic oxidation sites excluding steroid dienone is 6. The first-order valence-electron chi connectivity index (χ1n) is 5.52. The van der Waals surface area contributed by atoms with Crippen LogP contribution in [0, 0.1) is 5.41 Å². The highest BCUT2D eigenvalue weighted by Crippen LogP contribution is 2.50. The van der Waals surface area contributed by atoms with E-state index < -0.39 is 0 Å². The van der Waals surface area contributed by atoms with E-state index in [1.54, 1.807) is 0 Å². The van der Waals surface area contributed by atoms with Gasteiger partial charge < -0.3 is 10.5 Å². The maximum Gasteiger partial charge on any atom is 0.104 e. The molecule has 0 radical (unpaired) electrons. The number of hydrogen-bond donors (Lipinski definition) is 1. The first kappa shape index (κ1) is 11.8. The van der Waals surface area contributed by atoms with Gasteiger partial charge in [0, 0.05) is 27.6 Å². The van der Waals surface area contributed by atoms with Crippen LogP contribution in [0.4, 0.5) is 0 Å². The summed E-state index contributed by atoms with van der Waals surface area (Å²) in [7, 11) is 0. The van der Waals surface area contributed by atoms with Gasteiger partial charge in [-0.2, -0.15) is 0 Å². The minimum atomic E-state index is 0.0289. The summed E-state index contributed by atoms with van der Waals surface area (Å²) in [6.45, 7) is 8.31. The Kier molecular flexibility index (Phi) is 2.69. The Morgan fingerprint density at radius 3 is 2.50 bits per heavy atom. The Balaban J connectivity index is 2.62. The smallest absolute Gasteiger partial charge is 0.104 e. The van der Waals surface area contributed by atoms with Crippen LogP contribution in [-0.4, -0.2) is 5.33 Å². The average molecular weight is 284 g/mol. The van der Waals surface area contributed by atoms with Crippen molar-refractivity contribution in [1.29, 1.82) is 0 Å². The molecule has 1 heterocycles. The number of ether oxygens (including phenoxy) is 1. The van der Waals surface area contributed by atoms with Gasteiger partial charge in [0.05, 0.1) is 0 Å². The molecule has 3 heteroatoms. The van der Waals surface area contributed by atoms with Crippen molar-refractivity contribution in [1.82, 2.24) is 0 Å². The van der Waals surface area contributed by atoms with Crippen molar-refractivity contribution in [3.8, 4) is 0 Å². The van der Waals surface area contributed by atoms with Gasteiger partial charge in [-0.25, -0.2) is 0 Å². The molecule has 0 aromatic rings. The standard InChI is InChI=1S/C13H18BrNO/c1-7-8(2)16-9(3)10-5-13(4,6-14)12(15)11(7)10/h5-6,15H2,1-4H3. The molecule has 2 rings (SSSR count). The fraction of sp³-hybridized carbons (Fsp3) is 0.538. The van der Waals surface area contributed by atoms with E-state index in [1.165, 1.54) is 16.7 Å². The van der Waals surface area contributed by atoms with Crippen LogP contribution in [0.5, 0.6) is 0 Å². The molecule has 0 aromatic carbocycles. The minimum Gasteiger partial charge on any atom is -0.466 e. The minimum absolute atomic E-state index is 0.0289. The second-order valence-electron chi connectivity index (χ2n) is 4.98. The van der Waals surface area contributed by atoms with E-state index in [4.69, 9.17) is 10.5 Å². The summed E-state index contributed by atoms with van der Waals surface area (Å²) in [6.07, 6.45) is 0.968. The van der Waals surface area contributed by atoms with Crippen LogP contribution in [0.25, 0.3) is 0 Å². The highest BCUT2D eigenvalue weighted by Gasteiger charge is 2.40. The maximum atomic E-state index is 6.32. The van der Waals surface area contributed by atoms with Crippen molar-refractivity contribution in [2.75, 3.05) is 5.33 Å². The van der Waals surface area contributed by atoms with Crippen LogP contribution in [0.1, 0.15) is 34.1 Å². The lowest BCUT2D eigenvalue weighted by atomic mass is 9.89. The van der Waals surface area contributed by atoms with E-state index in [2.05, 4.69) is 29.8 Å². The van der Waals surface area contributed by atoms with Crippen molar-refractivity contribution in [2.24, 2.45) is 11.1 Å². The molecule has 0 amide bonds. The van der Waals surface area contributed by atoms with Gasteiger partial charge in [-0.3, -0.25) is 0 Å². The molecule has 1 aliphatic carbocycles. The van der Waals surface area contributed by atoms with Gasteiger partial charge in [0.25, 0.3) is 0 Å². The SMILES string of the molecule is CC1=C(C)C2=C(N)C(C)(CBr)CC2=C(C)O1. The predicted octanol–water partition coefficient (Wildman–Crippen LogP) is 3.60. The molecule has 1 unspecified atom stereocenters. The second kappa shape index (κ2) is 3.66. The number of rotatable bonds is 1. The topological polar surface area (TPSA) is 35.2 Å². The molecule has 0 bridgehead atoms. The normalized spacial score (nSPS) is 29.8. The second-order valence-corrected chi connectivity index (χ2v) is 5.54. The van der Waals surface area contributed by atoms with E-state index in [0.717, 1.165) is 29.0 Å². The zero-order chi connectivity index (χ0) is 12.1. The highest BCUT2D eigenvalue weighted by atomic mass is 79.9. The third-order valence-electron chi connectivity index (χ3n) is 3.72. The Labute approximate surface area is 105 Å². The van der Waals surface area contributed by atoms with Crippen LogP contribution in [0.15, 0.2) is 33.9 Å². The van der Waals surface area contributed by atoms with Crippen LogP contribution in [-0.2, 0) is 4.74 Å². The molecule has 1 atom stereocenters. The van der Waals surface area contributed by atoms with Gasteiger partial charge in [-0.05, 0) is 32.8 Å². The summed E-state index contributed by atoms with van der Waals surface area (Å²) in [6, 6.07) is 0. The highest BCUT2D eigenvalue weighted by molar-refractivity contribution is 9.09. The molecule has 2 N–H and O–H groups in total. The predicted molar refractivity (Wildman–Crippen MR) is 69.9 cm³/mol. The molecular formula is C13H18BrNO. The molecule has 0 saturated heterocycles. The van der Waals surface area contributed by atoms with Gasteiger partial charge in [0.2, 0.25) is 0 Å². The van der Waals surface area contributed by atoms with E-state index in [1.807, 2.05) is 13.8 Å². The van der Waals surface area contributed by atoms with Crippen molar-refractivity contribution < 1.29 is 4.74 Å². The summed E-state index contributed by atoms with van der Waals surface area (Å²) in [4.78, 5) is 0. The van der Waals surface area contributed by atoms with Crippen molar-refractivity contribution in [3.05, 3.63) is 33.9 Å². The monoisotopic (exact) mass is 283 g/mol. The molecule has 2 nitrogen and oxygen atoms in total. The first-order valence-corrected chi connectivity index (χ1v) is 6.65. The van der Waals surface area contributed by atoms with Crippen LogP contribution >= 0.6 is 15.9 Å². The number of fused-ring (bicyclic) bond motifs is 1. The van der Waals surface area contributed by atoms with E-state index in [0.29, 0.717) is 0 Å². The zero-order valence-electron chi connectivity index (χ0n) is 10.3. The summed E-state index contributed by atoms with van der Waals surface area (Å²) < 4.78 is 5.75. The molecule has 2 aliphatic rings. The lowest BCUT2D eigenvalue weighted by Gasteiger charge is -2.22. The summed E-state index contributed by atoms with van der Waals surface area (Å²) in [5.74, 6) is 1.98. The lowest BCUT2D eigenvalue weighted by Crippen LogP contribution is -2.23. The van der Waals surface area contributed by atoms with Crippen molar-refractivity contribution in [3.63, 3.8) is 0 Å². The zero-order valence-corrected chi connectivity index (χ0v) is 11.9. The molecule has 0 spiro atoms. The Morgan fingerprint density at radius 2 is 1.94 bits per heavy atom. The lowest BCUT2D eigenvalue weighted by molar-refractivity contribution is 0.292. The first-order chi connectivity index (χ1) is 7.40. The summed E-state index contributed by atoms with van der Waals surface area (Å²) in [5, 5.41) is 0.887. The van der Waals surface area contributed by atoms with Crippen molar-refractivity contribution in [2.45, 2.75) is 34.1 Å². The molecule has 16 heavy (non-hydrogen) atoms. The fourth-order valence-corrected chi connectivity index (χ4v) is 2.93. The summed E-state index contributed by atoms with van der Waals surface area (Å²) >= 11 is 3.57. The molecule has 1 aliphatic heterocycles. The van der Waals surface area contributed by atoms with Gasteiger partial charge in [0.15, 0.2) is 0 Å². The van der Waals surface area contributed by atoms with Crippen LogP contribution in [0.2, 0.25) is 0 Å². The molecule has 0 saturated carbocycles. The van der Waals surface area contributed by atoms with E-state index in [9.17, 15) is 0 Å². The van der Waals surface area contributed by atoms with Crippen molar-refractivity contribution >= 4 is 15.9 Å². The number of halogens is 1. The Morgan fingerprint density at radius 1 is 1.31 bits per heavy atom. The number of nitrogens with two attached hydrogens (primary N) is 1. The van der Waals surface area contributed by atoms with E-state index in [-0.39, 0.29) is 5.41 Å². The average Bonchev–Trinajstić information content (AvgIpc) is 2.51. The van der Waals surface area contributed by atoms with Gasteiger partial charge in [-0.1, -0.05) is 22.9 Å². The van der Waals surface area contributed by atoms with Gasteiger partial charge in [0.1, 0.15) is 11.5 Å². The quantitative estimate of drug-likeness (QED) is 0.747. The Bertz CT molecular complexity index is 445. The van der Waals surface area contributed by atoms with Crippen LogP contribution < -0.4 is 5.73 Å². The largest absolute Gasteiger partial charge is 0.466 e. The third-order valence-corrected chi connectivity index (χ3v) is 4.96. The molecule has 0 fully saturated rings. The molecule has 88 valence electrons. The molecule has 0 aromatic heterocycles. The van der Waals surface area contributed by atoms with E-state index >= 15 is 0 Å². The fourth-order valence-electron chi connectivity index (χ4n) is 2.43. The van der Waals surface area contributed by atoms with Gasteiger partial charge in [-0.15, -0.1) is 0 Å². The third kappa shape index (κ3) is 1.45. The van der Waals surface area contributed by atoms with Crippen LogP contribution in [0.3, 0.4) is 0 Å². The number of hydrogen-bond acceptors (Lipinski definition) is 2. The Hall–Kier alpha value is -0.700. The maximum absolute atomic E-state index is 6.32. The number of alkyl halides is 1.